The zero-order valence-electron chi connectivity index (χ0n) is 18.4. The van der Waals surface area contributed by atoms with Gasteiger partial charge in [0.2, 0.25) is 0 Å². The van der Waals surface area contributed by atoms with Crippen molar-refractivity contribution in [1.29, 1.82) is 0 Å². The van der Waals surface area contributed by atoms with Crippen LogP contribution in [-0.4, -0.2) is 44.9 Å². The van der Waals surface area contributed by atoms with E-state index in [1.807, 2.05) is 19.9 Å². The highest BCUT2D eigenvalue weighted by molar-refractivity contribution is 7.92. The maximum Gasteiger partial charge on any atom is 0.309 e. The summed E-state index contributed by atoms with van der Waals surface area (Å²) in [4.78, 5) is 26.5. The second-order valence-electron chi connectivity index (χ2n) is 7.86. The summed E-state index contributed by atoms with van der Waals surface area (Å²) < 4.78 is 33.4. The number of nitrogens with zero attached hydrogens (tertiary/aromatic N) is 1. The van der Waals surface area contributed by atoms with E-state index in [-0.39, 0.29) is 33.3 Å². The van der Waals surface area contributed by atoms with Gasteiger partial charge in [0.25, 0.3) is 15.9 Å². The van der Waals surface area contributed by atoms with Gasteiger partial charge in [-0.3, -0.25) is 14.3 Å². The Kier molecular flexibility index (Phi) is 7.46. The molecule has 2 aromatic carbocycles. The number of hydrogen-bond acceptors (Lipinski definition) is 5. The lowest BCUT2D eigenvalue weighted by atomic mass is 9.96. The Bertz CT molecular complexity index is 1130. The molecule has 9 heteroatoms. The third kappa shape index (κ3) is 5.42. The van der Waals surface area contributed by atoms with Gasteiger partial charge < -0.3 is 9.64 Å². The number of hydrogen-bond donors (Lipinski definition) is 1. The zero-order valence-corrected chi connectivity index (χ0v) is 19.9. The molecule has 3 rings (SSSR count). The summed E-state index contributed by atoms with van der Waals surface area (Å²) in [5.74, 6) is -0.841. The van der Waals surface area contributed by atoms with Crippen LogP contribution < -0.4 is 4.72 Å². The molecule has 0 unspecified atom stereocenters. The molecule has 0 bridgehead atoms. The van der Waals surface area contributed by atoms with E-state index >= 15 is 0 Å². The molecular weight excluding hydrogens is 452 g/mol. The van der Waals surface area contributed by atoms with Crippen LogP contribution >= 0.6 is 11.6 Å². The first-order chi connectivity index (χ1) is 15.1. The predicted molar refractivity (Wildman–Crippen MR) is 123 cm³/mol. The van der Waals surface area contributed by atoms with Crippen molar-refractivity contribution in [3.8, 4) is 0 Å². The monoisotopic (exact) mass is 478 g/mol. The van der Waals surface area contributed by atoms with Crippen LogP contribution in [0.1, 0.15) is 41.3 Å². The Morgan fingerprint density at radius 1 is 1.09 bits per heavy atom. The molecule has 0 spiro atoms. The minimum Gasteiger partial charge on any atom is -0.466 e. The molecule has 0 radical (unpaired) electrons. The fourth-order valence-electron chi connectivity index (χ4n) is 3.60. The Labute approximate surface area is 193 Å². The van der Waals surface area contributed by atoms with Crippen LogP contribution in [0.2, 0.25) is 5.02 Å². The van der Waals surface area contributed by atoms with E-state index in [0.717, 1.165) is 11.1 Å². The number of aryl methyl sites for hydroxylation is 2. The standard InChI is InChI=1S/C23H27ClN2O5S/c1-4-31-23(28)17-9-11-26(12-10-17)22(27)20-14-19(7-8-21(20)24)32(29,30)25-18-6-5-15(2)16(3)13-18/h5-8,13-14,17,25H,4,9-12H2,1-3H3. The van der Waals surface area contributed by atoms with Gasteiger partial charge in [0.1, 0.15) is 0 Å². The van der Waals surface area contributed by atoms with Gasteiger partial charge in [-0.1, -0.05) is 17.7 Å². The van der Waals surface area contributed by atoms with Gasteiger partial charge in [-0.15, -0.1) is 0 Å². The number of halogens is 1. The number of carbonyl (C=O) groups is 2. The Hall–Kier alpha value is -2.58. The molecule has 1 aliphatic heterocycles. The number of amides is 1. The summed E-state index contributed by atoms with van der Waals surface area (Å²) in [6, 6.07) is 9.36. The van der Waals surface area contributed by atoms with Gasteiger partial charge in [-0.2, -0.15) is 0 Å². The maximum atomic E-state index is 13.1. The van der Waals surface area contributed by atoms with Crippen molar-refractivity contribution >= 4 is 39.2 Å². The van der Waals surface area contributed by atoms with E-state index in [1.165, 1.54) is 18.2 Å². The summed E-state index contributed by atoms with van der Waals surface area (Å²) in [6.45, 7) is 6.67. The first-order valence-corrected chi connectivity index (χ1v) is 12.3. The average Bonchev–Trinajstić information content (AvgIpc) is 2.76. The number of nitrogens with one attached hydrogen (secondary N) is 1. The van der Waals surface area contributed by atoms with Crippen molar-refractivity contribution in [3.05, 3.63) is 58.1 Å². The number of ether oxygens (including phenoxy) is 1. The third-order valence-electron chi connectivity index (χ3n) is 5.64. The van der Waals surface area contributed by atoms with Crippen LogP contribution in [0.3, 0.4) is 0 Å². The van der Waals surface area contributed by atoms with Crippen molar-refractivity contribution in [2.24, 2.45) is 5.92 Å². The Morgan fingerprint density at radius 2 is 1.78 bits per heavy atom. The van der Waals surface area contributed by atoms with Crippen LogP contribution in [0.25, 0.3) is 0 Å². The molecule has 0 saturated carbocycles. The second kappa shape index (κ2) is 9.92. The first kappa shape index (κ1) is 24.1. The number of piperidine rings is 1. The van der Waals surface area contributed by atoms with Crippen LogP contribution in [0.4, 0.5) is 5.69 Å². The number of carbonyl (C=O) groups excluding carboxylic acids is 2. The number of sulfonamides is 1. The minimum absolute atomic E-state index is 0.0510. The predicted octanol–water partition coefficient (Wildman–Crippen LogP) is 4.17. The molecule has 172 valence electrons. The van der Waals surface area contributed by atoms with Gasteiger partial charge in [0.15, 0.2) is 0 Å². The maximum absolute atomic E-state index is 13.1. The first-order valence-electron chi connectivity index (χ1n) is 10.5. The molecule has 0 aliphatic carbocycles. The fourth-order valence-corrected chi connectivity index (χ4v) is 4.88. The average molecular weight is 479 g/mol. The van der Waals surface area contributed by atoms with E-state index in [4.69, 9.17) is 16.3 Å². The highest BCUT2D eigenvalue weighted by Gasteiger charge is 2.30. The Morgan fingerprint density at radius 3 is 2.41 bits per heavy atom. The normalized spacial score (nSPS) is 14.8. The molecule has 2 aromatic rings. The summed E-state index contributed by atoms with van der Waals surface area (Å²) in [6.07, 6.45) is 0.989. The van der Waals surface area contributed by atoms with Crippen molar-refractivity contribution in [2.75, 3.05) is 24.4 Å². The molecule has 1 aliphatic rings. The molecule has 0 atom stereocenters. The molecule has 0 aromatic heterocycles. The van der Waals surface area contributed by atoms with Gasteiger partial charge >= 0.3 is 5.97 Å². The lowest BCUT2D eigenvalue weighted by Crippen LogP contribution is -2.40. The summed E-state index contributed by atoms with van der Waals surface area (Å²) in [5.41, 5.74) is 2.57. The third-order valence-corrected chi connectivity index (χ3v) is 7.35. The van der Waals surface area contributed by atoms with Crippen molar-refractivity contribution in [2.45, 2.75) is 38.5 Å². The summed E-state index contributed by atoms with van der Waals surface area (Å²) in [7, 11) is -3.91. The molecule has 1 saturated heterocycles. The van der Waals surface area contributed by atoms with Gasteiger partial charge in [-0.05, 0) is 75.1 Å². The lowest BCUT2D eigenvalue weighted by Gasteiger charge is -2.31. The fraction of sp³-hybridized carbons (Fsp3) is 0.391. The number of anilines is 1. The topological polar surface area (TPSA) is 92.8 Å². The molecular formula is C23H27ClN2O5S. The minimum atomic E-state index is -3.91. The van der Waals surface area contributed by atoms with Crippen LogP contribution in [0.15, 0.2) is 41.3 Å². The SMILES string of the molecule is CCOC(=O)C1CCN(C(=O)c2cc(S(=O)(=O)Nc3ccc(C)c(C)c3)ccc2Cl)CC1. The number of rotatable bonds is 6. The molecule has 1 fully saturated rings. The number of benzene rings is 2. The largest absolute Gasteiger partial charge is 0.466 e. The van der Waals surface area contributed by atoms with Crippen LogP contribution in [0, 0.1) is 19.8 Å². The van der Waals surface area contributed by atoms with Crippen molar-refractivity contribution in [3.63, 3.8) is 0 Å². The number of esters is 1. The van der Waals surface area contributed by atoms with Gasteiger partial charge in [-0.25, -0.2) is 8.42 Å². The van der Waals surface area contributed by atoms with E-state index in [2.05, 4.69) is 4.72 Å². The lowest BCUT2D eigenvalue weighted by molar-refractivity contribution is -0.149. The quantitative estimate of drug-likeness (QED) is 0.629. The van der Waals surface area contributed by atoms with E-state index < -0.39 is 10.0 Å². The smallest absolute Gasteiger partial charge is 0.309 e. The van der Waals surface area contributed by atoms with Crippen molar-refractivity contribution in [1.82, 2.24) is 4.90 Å². The summed E-state index contributed by atoms with van der Waals surface area (Å²) in [5, 5.41) is 0.174. The van der Waals surface area contributed by atoms with Crippen molar-refractivity contribution < 1.29 is 22.7 Å². The van der Waals surface area contributed by atoms with E-state index in [1.54, 1.807) is 24.0 Å². The summed E-state index contributed by atoms with van der Waals surface area (Å²) >= 11 is 6.24. The number of likely N-dealkylation sites (tertiary alicyclic amines) is 1. The highest BCUT2D eigenvalue weighted by atomic mass is 35.5. The van der Waals surface area contributed by atoms with Crippen LogP contribution in [-0.2, 0) is 19.6 Å². The van der Waals surface area contributed by atoms with Gasteiger partial charge in [0.05, 0.1) is 28.0 Å². The van der Waals surface area contributed by atoms with Crippen LogP contribution in [0.5, 0.6) is 0 Å². The zero-order chi connectivity index (χ0) is 23.5. The molecule has 1 N–H and O–H groups in total. The Balaban J connectivity index is 1.77. The molecule has 7 nitrogen and oxygen atoms in total. The highest BCUT2D eigenvalue weighted by Crippen LogP contribution is 2.27. The van der Waals surface area contributed by atoms with Gasteiger partial charge in [0, 0.05) is 18.8 Å². The molecule has 1 amide bonds. The molecule has 32 heavy (non-hydrogen) atoms. The molecule has 1 heterocycles. The van der Waals surface area contributed by atoms with E-state index in [0.29, 0.717) is 38.2 Å². The van der Waals surface area contributed by atoms with E-state index in [9.17, 15) is 18.0 Å². The second-order valence-corrected chi connectivity index (χ2v) is 9.95.